The van der Waals surface area contributed by atoms with E-state index in [9.17, 15) is 9.59 Å². The molecule has 2 amide bonds. The number of nitrogens with zero attached hydrogens (tertiary/aromatic N) is 1. The normalized spacial score (nSPS) is 31.8. The Morgan fingerprint density at radius 3 is 2.92 bits per heavy atom. The Labute approximate surface area is 76.3 Å². The van der Waals surface area contributed by atoms with E-state index in [0.29, 0.717) is 13.0 Å². The number of hydrogen-bond acceptors (Lipinski definition) is 3. The maximum Gasteiger partial charge on any atom is 0.236 e. The molecule has 0 aromatic heterocycles. The molecule has 2 saturated heterocycles. The molecule has 5 nitrogen and oxygen atoms in total. The second-order valence-electron chi connectivity index (χ2n) is 3.77. The summed E-state index contributed by atoms with van der Waals surface area (Å²) < 4.78 is 0. The zero-order chi connectivity index (χ0) is 9.47. The molecule has 0 radical (unpaired) electrons. The van der Waals surface area contributed by atoms with Gasteiger partial charge in [-0.25, -0.2) is 0 Å². The van der Waals surface area contributed by atoms with Gasteiger partial charge >= 0.3 is 0 Å². The smallest absolute Gasteiger partial charge is 0.236 e. The minimum atomic E-state index is -0.109. The van der Waals surface area contributed by atoms with Crippen molar-refractivity contribution in [1.29, 1.82) is 0 Å². The molecule has 0 aromatic rings. The fourth-order valence-corrected chi connectivity index (χ4v) is 2.05. The van der Waals surface area contributed by atoms with Crippen molar-refractivity contribution >= 4 is 11.8 Å². The van der Waals surface area contributed by atoms with Crippen LogP contribution in [0.2, 0.25) is 0 Å². The van der Waals surface area contributed by atoms with Gasteiger partial charge in [0.05, 0.1) is 18.5 Å². The van der Waals surface area contributed by atoms with Gasteiger partial charge in [0, 0.05) is 13.1 Å². The van der Waals surface area contributed by atoms with Crippen LogP contribution < -0.4 is 11.1 Å². The number of carbonyl (C=O) groups is 2. The molecule has 0 aliphatic carbocycles. The summed E-state index contributed by atoms with van der Waals surface area (Å²) in [4.78, 5) is 23.7. The fraction of sp³-hybridized carbons (Fsp3) is 0.750. The fourth-order valence-electron chi connectivity index (χ4n) is 2.05. The molecular formula is C8H13N3O2. The third-order valence-electron chi connectivity index (χ3n) is 2.78. The molecule has 13 heavy (non-hydrogen) atoms. The van der Waals surface area contributed by atoms with Gasteiger partial charge in [-0.1, -0.05) is 0 Å². The van der Waals surface area contributed by atoms with E-state index in [2.05, 4.69) is 5.32 Å². The third kappa shape index (κ3) is 1.29. The molecule has 0 bridgehead atoms. The maximum absolute atomic E-state index is 11.2. The molecule has 2 aliphatic heterocycles. The summed E-state index contributed by atoms with van der Waals surface area (Å²) in [6.45, 7) is 1.41. The first kappa shape index (κ1) is 8.50. The average molecular weight is 183 g/mol. The van der Waals surface area contributed by atoms with Crippen LogP contribution in [0, 0.1) is 0 Å². The van der Waals surface area contributed by atoms with Crippen molar-refractivity contribution in [2.24, 2.45) is 5.73 Å². The van der Waals surface area contributed by atoms with Gasteiger partial charge in [0.2, 0.25) is 11.8 Å². The molecule has 2 rings (SSSR count). The topological polar surface area (TPSA) is 75.4 Å². The van der Waals surface area contributed by atoms with Crippen molar-refractivity contribution in [2.45, 2.75) is 18.4 Å². The first-order valence-corrected chi connectivity index (χ1v) is 4.44. The van der Waals surface area contributed by atoms with Gasteiger partial charge in [0.1, 0.15) is 0 Å². The minimum Gasteiger partial charge on any atom is -0.348 e. The van der Waals surface area contributed by atoms with Crippen LogP contribution in [0.15, 0.2) is 0 Å². The van der Waals surface area contributed by atoms with E-state index in [1.165, 1.54) is 0 Å². The van der Waals surface area contributed by atoms with E-state index in [-0.39, 0.29) is 23.9 Å². The monoisotopic (exact) mass is 183 g/mol. The van der Waals surface area contributed by atoms with E-state index in [4.69, 9.17) is 5.73 Å². The van der Waals surface area contributed by atoms with Gasteiger partial charge in [0.15, 0.2) is 0 Å². The summed E-state index contributed by atoms with van der Waals surface area (Å²) in [6.07, 6.45) is 1.42. The number of nitrogens with two attached hydrogens (primary N) is 1. The van der Waals surface area contributed by atoms with Crippen LogP contribution in [0.4, 0.5) is 0 Å². The molecule has 0 aromatic carbocycles. The lowest BCUT2D eigenvalue weighted by Gasteiger charge is -2.38. The minimum absolute atomic E-state index is 0.0296. The van der Waals surface area contributed by atoms with Gasteiger partial charge in [-0.15, -0.1) is 0 Å². The van der Waals surface area contributed by atoms with Crippen LogP contribution in [0.25, 0.3) is 0 Å². The second-order valence-corrected chi connectivity index (χ2v) is 3.77. The van der Waals surface area contributed by atoms with Crippen LogP contribution >= 0.6 is 0 Å². The second kappa shape index (κ2) is 2.70. The summed E-state index contributed by atoms with van der Waals surface area (Å²) in [7, 11) is 0. The molecule has 3 N–H and O–H groups in total. The molecule has 1 atom stereocenters. The zero-order valence-electron chi connectivity index (χ0n) is 7.38. The predicted octanol–water partition coefficient (Wildman–Crippen LogP) is -1.56. The molecule has 1 spiro atoms. The summed E-state index contributed by atoms with van der Waals surface area (Å²) in [6, 6.07) is 0. The van der Waals surface area contributed by atoms with Crippen molar-refractivity contribution in [3.63, 3.8) is 0 Å². The SMILES string of the molecule is NCC(=O)N1CC[C@@]2(CC(=O)N2)C1. The Kier molecular flexibility index (Phi) is 1.76. The maximum atomic E-state index is 11.2. The van der Waals surface area contributed by atoms with E-state index < -0.39 is 0 Å². The molecule has 0 saturated carbocycles. The van der Waals surface area contributed by atoms with Gasteiger partial charge in [-0.2, -0.15) is 0 Å². The molecule has 5 heteroatoms. The van der Waals surface area contributed by atoms with E-state index in [1.54, 1.807) is 4.90 Å². The lowest BCUT2D eigenvalue weighted by molar-refractivity contribution is -0.134. The third-order valence-corrected chi connectivity index (χ3v) is 2.78. The van der Waals surface area contributed by atoms with Crippen molar-refractivity contribution in [3.05, 3.63) is 0 Å². The van der Waals surface area contributed by atoms with E-state index in [0.717, 1.165) is 13.0 Å². The van der Waals surface area contributed by atoms with Crippen molar-refractivity contribution in [1.82, 2.24) is 10.2 Å². The highest BCUT2D eigenvalue weighted by atomic mass is 16.2. The quantitative estimate of drug-likeness (QED) is 0.482. The van der Waals surface area contributed by atoms with E-state index >= 15 is 0 Å². The van der Waals surface area contributed by atoms with Crippen LogP contribution in [-0.2, 0) is 9.59 Å². The van der Waals surface area contributed by atoms with Crippen molar-refractivity contribution in [2.75, 3.05) is 19.6 Å². The van der Waals surface area contributed by atoms with Gasteiger partial charge in [0.25, 0.3) is 0 Å². The molecule has 72 valence electrons. The molecule has 2 fully saturated rings. The largest absolute Gasteiger partial charge is 0.348 e. The van der Waals surface area contributed by atoms with Crippen LogP contribution in [-0.4, -0.2) is 41.9 Å². The number of nitrogens with one attached hydrogen (secondary N) is 1. The highest BCUT2D eigenvalue weighted by Gasteiger charge is 2.48. The van der Waals surface area contributed by atoms with Gasteiger partial charge in [-0.05, 0) is 6.42 Å². The van der Waals surface area contributed by atoms with Crippen LogP contribution in [0.5, 0.6) is 0 Å². The van der Waals surface area contributed by atoms with Crippen LogP contribution in [0.3, 0.4) is 0 Å². The molecular weight excluding hydrogens is 170 g/mol. The lowest BCUT2D eigenvalue weighted by Crippen LogP contribution is -2.62. The number of carbonyl (C=O) groups excluding carboxylic acids is 2. The number of likely N-dealkylation sites (tertiary alicyclic amines) is 1. The number of hydrogen-bond donors (Lipinski definition) is 2. The summed E-state index contributed by atoms with van der Waals surface area (Å²) in [5.41, 5.74) is 5.14. The first-order chi connectivity index (χ1) is 6.15. The summed E-state index contributed by atoms with van der Waals surface area (Å²) in [5.74, 6) is 0.0556. The Morgan fingerprint density at radius 2 is 2.38 bits per heavy atom. The number of amides is 2. The molecule has 2 aliphatic rings. The lowest BCUT2D eigenvalue weighted by atomic mass is 9.86. The number of rotatable bonds is 1. The highest BCUT2D eigenvalue weighted by Crippen LogP contribution is 2.30. The van der Waals surface area contributed by atoms with Gasteiger partial charge < -0.3 is 16.0 Å². The Morgan fingerprint density at radius 1 is 1.69 bits per heavy atom. The van der Waals surface area contributed by atoms with Crippen LogP contribution in [0.1, 0.15) is 12.8 Å². The van der Waals surface area contributed by atoms with Crippen molar-refractivity contribution < 1.29 is 9.59 Å². The first-order valence-electron chi connectivity index (χ1n) is 4.44. The predicted molar refractivity (Wildman–Crippen MR) is 45.7 cm³/mol. The Bertz CT molecular complexity index is 256. The number of β-lactam (4-membered cyclic amide) rings is 1. The molecule has 2 heterocycles. The average Bonchev–Trinajstić information content (AvgIpc) is 2.47. The summed E-state index contributed by atoms with van der Waals surface area (Å²) >= 11 is 0. The van der Waals surface area contributed by atoms with E-state index in [1.807, 2.05) is 0 Å². The Balaban J connectivity index is 1.95. The Hall–Kier alpha value is -1.10. The van der Waals surface area contributed by atoms with Gasteiger partial charge in [-0.3, -0.25) is 9.59 Å². The standard InChI is InChI=1S/C8H13N3O2/c9-4-7(13)11-2-1-8(5-11)3-6(12)10-8/h1-5,9H2,(H,10,12)/t8-/m1/s1. The summed E-state index contributed by atoms with van der Waals surface area (Å²) in [5, 5.41) is 2.85. The highest BCUT2D eigenvalue weighted by molar-refractivity contribution is 5.86. The zero-order valence-corrected chi connectivity index (χ0v) is 7.38. The van der Waals surface area contributed by atoms with Crippen molar-refractivity contribution in [3.8, 4) is 0 Å². The molecule has 0 unspecified atom stereocenters.